The average Bonchev–Trinajstić information content (AvgIpc) is 2.73. The molecule has 1 aliphatic heterocycles. The maximum Gasteiger partial charge on any atom is 0.274 e. The van der Waals surface area contributed by atoms with Gasteiger partial charge in [-0.3, -0.25) is 4.79 Å². The molecular weight excluding hydrogens is 389 g/mol. The van der Waals surface area contributed by atoms with Crippen LogP contribution >= 0.6 is 0 Å². The first-order valence-corrected chi connectivity index (χ1v) is 9.85. The Labute approximate surface area is 176 Å². The molecule has 29 heavy (non-hydrogen) atoms. The lowest BCUT2D eigenvalue weighted by Crippen LogP contribution is -3.12. The van der Waals surface area contributed by atoms with E-state index in [4.69, 9.17) is 5.10 Å². The van der Waals surface area contributed by atoms with E-state index < -0.39 is 0 Å². The van der Waals surface area contributed by atoms with E-state index in [1.165, 1.54) is 17.0 Å². The van der Waals surface area contributed by atoms with Crippen LogP contribution in [0.25, 0.3) is 10.8 Å². The van der Waals surface area contributed by atoms with Crippen LogP contribution in [0.3, 0.4) is 0 Å². The molecule has 1 aliphatic rings. The number of halogens is 2. The standard InChI is InChI=1S/C23H24FN3O.ClH/c1-2-13-26-14-11-19(12-15-26)27-23(28)21-6-4-3-5-20(21)22(25-27)16-17-7-9-18(24)10-8-17;/h2-10,19H,1,11-16H2;1H. The van der Waals surface area contributed by atoms with Gasteiger partial charge in [-0.15, -0.1) is 0 Å². The van der Waals surface area contributed by atoms with Crippen molar-refractivity contribution in [1.29, 1.82) is 0 Å². The lowest BCUT2D eigenvalue weighted by molar-refractivity contribution is -0.899. The second kappa shape index (κ2) is 9.33. The fourth-order valence-corrected chi connectivity index (χ4v) is 4.11. The van der Waals surface area contributed by atoms with Crippen LogP contribution in [0.15, 0.2) is 66.0 Å². The molecule has 0 bridgehead atoms. The van der Waals surface area contributed by atoms with Crippen LogP contribution < -0.4 is 22.9 Å². The molecule has 0 saturated carbocycles. The molecule has 2 aromatic carbocycles. The zero-order valence-corrected chi connectivity index (χ0v) is 17.0. The number of piperidine rings is 1. The molecule has 152 valence electrons. The van der Waals surface area contributed by atoms with Gasteiger partial charge in [0.1, 0.15) is 5.82 Å². The number of likely N-dealkylation sites (tertiary alicyclic amines) is 1. The molecule has 0 radical (unpaired) electrons. The van der Waals surface area contributed by atoms with Crippen molar-refractivity contribution < 1.29 is 21.7 Å². The summed E-state index contributed by atoms with van der Waals surface area (Å²) in [6, 6.07) is 14.3. The highest BCUT2D eigenvalue weighted by atomic mass is 35.5. The molecule has 1 aromatic heterocycles. The summed E-state index contributed by atoms with van der Waals surface area (Å²) in [6.07, 6.45) is 4.40. The number of hydrogen-bond acceptors (Lipinski definition) is 2. The van der Waals surface area contributed by atoms with Gasteiger partial charge in [-0.2, -0.15) is 5.10 Å². The minimum atomic E-state index is -0.250. The van der Waals surface area contributed by atoms with Crippen LogP contribution in [0.2, 0.25) is 0 Å². The van der Waals surface area contributed by atoms with Crippen LogP contribution in [0.4, 0.5) is 4.39 Å². The molecular formula is C23H25ClFN3O. The average molecular weight is 414 g/mol. The summed E-state index contributed by atoms with van der Waals surface area (Å²) in [5.41, 5.74) is 1.83. The first kappa shape index (κ1) is 21.2. The first-order chi connectivity index (χ1) is 13.7. The molecule has 1 N–H and O–H groups in total. The van der Waals surface area contributed by atoms with Crippen molar-refractivity contribution in [3.8, 4) is 0 Å². The molecule has 0 aliphatic carbocycles. The molecule has 0 atom stereocenters. The Bertz CT molecular complexity index is 1040. The third kappa shape index (κ3) is 4.57. The SMILES string of the molecule is C=CC[NH+]1CCC(n2nc(Cc3ccc(F)cc3)c3ccccc3c2=O)CC1.[Cl-]. The maximum atomic E-state index is 13.3. The number of fused-ring (bicyclic) bond motifs is 1. The van der Waals surface area contributed by atoms with Gasteiger partial charge in [0, 0.05) is 24.6 Å². The second-order valence-electron chi connectivity index (χ2n) is 7.52. The molecule has 2 heterocycles. The zero-order chi connectivity index (χ0) is 19.5. The van der Waals surface area contributed by atoms with Crippen molar-refractivity contribution in [3.05, 3.63) is 88.6 Å². The predicted molar refractivity (Wildman–Crippen MR) is 109 cm³/mol. The topological polar surface area (TPSA) is 39.3 Å². The smallest absolute Gasteiger partial charge is 0.274 e. The fourth-order valence-electron chi connectivity index (χ4n) is 4.11. The fraction of sp³-hybridized carbons (Fsp3) is 0.304. The summed E-state index contributed by atoms with van der Waals surface area (Å²) >= 11 is 0. The molecule has 4 rings (SSSR count). The van der Waals surface area contributed by atoms with Crippen molar-refractivity contribution in [2.24, 2.45) is 0 Å². The number of nitrogens with zero attached hydrogens (tertiary/aromatic N) is 2. The molecule has 0 unspecified atom stereocenters. The van der Waals surface area contributed by atoms with Gasteiger partial charge in [-0.05, 0) is 29.8 Å². The lowest BCUT2D eigenvalue weighted by Gasteiger charge is -2.29. The van der Waals surface area contributed by atoms with Crippen molar-refractivity contribution in [3.63, 3.8) is 0 Å². The molecule has 0 spiro atoms. The first-order valence-electron chi connectivity index (χ1n) is 9.85. The number of nitrogens with one attached hydrogen (secondary N) is 1. The Morgan fingerprint density at radius 2 is 1.76 bits per heavy atom. The summed E-state index contributed by atoms with van der Waals surface area (Å²) in [5.74, 6) is -0.250. The van der Waals surface area contributed by atoms with E-state index in [2.05, 4.69) is 6.58 Å². The third-order valence-corrected chi connectivity index (χ3v) is 5.63. The molecule has 4 nitrogen and oxygen atoms in total. The molecule has 1 fully saturated rings. The van der Waals surface area contributed by atoms with Gasteiger partial charge in [0.25, 0.3) is 5.56 Å². The largest absolute Gasteiger partial charge is 1.00 e. The molecule has 3 aromatic rings. The van der Waals surface area contributed by atoms with Gasteiger partial charge >= 0.3 is 0 Å². The van der Waals surface area contributed by atoms with E-state index in [0.29, 0.717) is 11.8 Å². The van der Waals surface area contributed by atoms with E-state index in [-0.39, 0.29) is 29.8 Å². The molecule has 6 heteroatoms. The highest BCUT2D eigenvalue weighted by Gasteiger charge is 2.25. The molecule has 0 amide bonds. The number of benzene rings is 2. The van der Waals surface area contributed by atoms with Gasteiger partial charge in [-0.1, -0.05) is 36.9 Å². The highest BCUT2D eigenvalue weighted by Crippen LogP contribution is 2.21. The minimum absolute atomic E-state index is 0. The number of quaternary nitrogens is 1. The summed E-state index contributed by atoms with van der Waals surface area (Å²) in [4.78, 5) is 14.6. The monoisotopic (exact) mass is 413 g/mol. The van der Waals surface area contributed by atoms with E-state index >= 15 is 0 Å². The van der Waals surface area contributed by atoms with Crippen LogP contribution in [0.1, 0.15) is 30.1 Å². The van der Waals surface area contributed by atoms with Crippen LogP contribution in [-0.4, -0.2) is 29.4 Å². The van der Waals surface area contributed by atoms with E-state index in [9.17, 15) is 9.18 Å². The van der Waals surface area contributed by atoms with Crippen molar-refractivity contribution in [1.82, 2.24) is 9.78 Å². The van der Waals surface area contributed by atoms with Crippen LogP contribution in [0.5, 0.6) is 0 Å². The highest BCUT2D eigenvalue weighted by molar-refractivity contribution is 5.83. The van der Waals surface area contributed by atoms with Crippen molar-refractivity contribution in [2.45, 2.75) is 25.3 Å². The Morgan fingerprint density at radius 3 is 2.41 bits per heavy atom. The van der Waals surface area contributed by atoms with Crippen LogP contribution in [0, 0.1) is 5.82 Å². The van der Waals surface area contributed by atoms with Gasteiger partial charge in [-0.25, -0.2) is 9.07 Å². The summed E-state index contributed by atoms with van der Waals surface area (Å²) in [6.45, 7) is 6.82. The summed E-state index contributed by atoms with van der Waals surface area (Å²) in [5, 5.41) is 6.38. The predicted octanol–water partition coefficient (Wildman–Crippen LogP) is -0.464. The van der Waals surface area contributed by atoms with E-state index in [1.807, 2.05) is 30.3 Å². The third-order valence-electron chi connectivity index (χ3n) is 5.63. The molecule has 1 saturated heterocycles. The van der Waals surface area contributed by atoms with Gasteiger partial charge in [0.15, 0.2) is 0 Å². The van der Waals surface area contributed by atoms with Gasteiger partial charge in [0.2, 0.25) is 0 Å². The quantitative estimate of drug-likeness (QED) is 0.575. The van der Waals surface area contributed by atoms with Crippen LogP contribution in [-0.2, 0) is 6.42 Å². The normalized spacial score (nSPS) is 18.9. The Kier molecular flexibility index (Phi) is 6.83. The van der Waals surface area contributed by atoms with Crippen molar-refractivity contribution in [2.75, 3.05) is 19.6 Å². The van der Waals surface area contributed by atoms with Gasteiger partial charge < -0.3 is 17.3 Å². The Balaban J connectivity index is 0.00000240. The minimum Gasteiger partial charge on any atom is -1.00 e. The lowest BCUT2D eigenvalue weighted by atomic mass is 10.0. The Morgan fingerprint density at radius 1 is 1.10 bits per heavy atom. The Hall–Kier alpha value is -2.50. The maximum absolute atomic E-state index is 13.3. The van der Waals surface area contributed by atoms with E-state index in [1.54, 1.807) is 16.8 Å². The number of rotatable bonds is 5. The summed E-state index contributed by atoms with van der Waals surface area (Å²) in [7, 11) is 0. The van der Waals surface area contributed by atoms with E-state index in [0.717, 1.165) is 49.1 Å². The zero-order valence-electron chi connectivity index (χ0n) is 16.3. The van der Waals surface area contributed by atoms with Gasteiger partial charge in [0.05, 0.1) is 36.8 Å². The number of aromatic nitrogens is 2. The van der Waals surface area contributed by atoms with Crippen molar-refractivity contribution >= 4 is 10.8 Å². The summed E-state index contributed by atoms with van der Waals surface area (Å²) < 4.78 is 15.0. The second-order valence-corrected chi connectivity index (χ2v) is 7.52. The number of hydrogen-bond donors (Lipinski definition) is 1.